The fraction of sp³-hybridized carbons (Fsp3) is 0.438. The molecule has 0 saturated carbocycles. The zero-order valence-corrected chi connectivity index (χ0v) is 14.0. The minimum atomic E-state index is -1.65. The molecular formula is C16H23N3O6. The summed E-state index contributed by atoms with van der Waals surface area (Å²) in [4.78, 5) is 23.1. The molecule has 9 nitrogen and oxygen atoms in total. The van der Waals surface area contributed by atoms with Gasteiger partial charge in [0.15, 0.2) is 0 Å². The van der Waals surface area contributed by atoms with Crippen molar-refractivity contribution >= 4 is 23.7 Å². The molecule has 0 aliphatic rings. The maximum atomic E-state index is 11.9. The number of nitrogens with zero attached hydrogens (tertiary/aromatic N) is 1. The number of amides is 2. The van der Waals surface area contributed by atoms with E-state index < -0.39 is 30.3 Å². The second-order valence-electron chi connectivity index (χ2n) is 5.41. The molecule has 9 heteroatoms. The lowest BCUT2D eigenvalue weighted by Gasteiger charge is -2.22. The van der Waals surface area contributed by atoms with Crippen molar-refractivity contribution < 1.29 is 30.0 Å². The molecular weight excluding hydrogens is 330 g/mol. The van der Waals surface area contributed by atoms with E-state index in [1.165, 1.54) is 19.1 Å². The Morgan fingerprint density at radius 1 is 1.12 bits per heavy atom. The number of aliphatic hydroxyl groups is 4. The number of hydrogen-bond acceptors (Lipinski definition) is 7. The molecule has 0 heterocycles. The number of anilines is 1. The third kappa shape index (κ3) is 6.59. The molecule has 0 aliphatic heterocycles. The van der Waals surface area contributed by atoms with Crippen molar-refractivity contribution in [2.45, 2.75) is 44.7 Å². The molecule has 1 rings (SSSR count). The molecule has 2 amide bonds. The van der Waals surface area contributed by atoms with E-state index in [9.17, 15) is 24.9 Å². The van der Waals surface area contributed by atoms with E-state index in [1.54, 1.807) is 19.1 Å². The summed E-state index contributed by atoms with van der Waals surface area (Å²) < 4.78 is 0. The number of hydrogen-bond donors (Lipinski definition) is 6. The van der Waals surface area contributed by atoms with Crippen molar-refractivity contribution in [1.82, 2.24) is 5.43 Å². The molecule has 1 aromatic rings. The van der Waals surface area contributed by atoms with E-state index in [1.807, 2.05) is 0 Å². The topological polar surface area (TPSA) is 151 Å². The van der Waals surface area contributed by atoms with Crippen LogP contribution in [0.15, 0.2) is 29.4 Å². The number of benzene rings is 1. The highest BCUT2D eigenvalue weighted by Gasteiger charge is 2.27. The van der Waals surface area contributed by atoms with E-state index in [4.69, 9.17) is 5.11 Å². The molecule has 25 heavy (non-hydrogen) atoms. The van der Waals surface area contributed by atoms with E-state index in [2.05, 4.69) is 15.8 Å². The predicted octanol–water partition coefficient (Wildman–Crippen LogP) is -0.786. The van der Waals surface area contributed by atoms with Gasteiger partial charge < -0.3 is 25.7 Å². The van der Waals surface area contributed by atoms with Crippen LogP contribution in [0.5, 0.6) is 0 Å². The van der Waals surface area contributed by atoms with Gasteiger partial charge >= 0.3 is 0 Å². The molecule has 6 N–H and O–H groups in total. The van der Waals surface area contributed by atoms with Crippen LogP contribution in [0.2, 0.25) is 0 Å². The lowest BCUT2D eigenvalue weighted by molar-refractivity contribution is -0.115. The van der Waals surface area contributed by atoms with Crippen molar-refractivity contribution in [3.63, 3.8) is 0 Å². The molecule has 4 unspecified atom stereocenters. The number of rotatable bonds is 8. The second kappa shape index (κ2) is 9.84. The average molecular weight is 353 g/mol. The van der Waals surface area contributed by atoms with Crippen molar-refractivity contribution in [2.75, 3.05) is 5.32 Å². The van der Waals surface area contributed by atoms with Crippen molar-refractivity contribution in [3.05, 3.63) is 29.8 Å². The first-order valence-electron chi connectivity index (χ1n) is 7.72. The highest BCUT2D eigenvalue weighted by molar-refractivity contribution is 5.95. The van der Waals surface area contributed by atoms with Crippen molar-refractivity contribution in [1.29, 1.82) is 0 Å². The standard InChI is InChI=1S/C16H23N3O6/c1-3-13(22)18-11-6-4-10(5-7-11)16(25)19-17-8-12(21)15(24)14(23)9(2)20/h4-9,12,14-15,20-21,23-24H,3H2,1-2H3,(H,18,22)(H,19,25)/b17-8+. The molecule has 0 aliphatic carbocycles. The summed E-state index contributed by atoms with van der Waals surface area (Å²) in [5, 5.41) is 43.9. The Balaban J connectivity index is 2.57. The Morgan fingerprint density at radius 2 is 1.72 bits per heavy atom. The Bertz CT molecular complexity index is 602. The van der Waals surface area contributed by atoms with Crippen LogP contribution in [-0.2, 0) is 4.79 Å². The largest absolute Gasteiger partial charge is 0.391 e. The fourth-order valence-electron chi connectivity index (χ4n) is 1.77. The average Bonchev–Trinajstić information content (AvgIpc) is 2.60. The van der Waals surface area contributed by atoms with Crippen LogP contribution >= 0.6 is 0 Å². The Labute approximate surface area is 145 Å². The highest BCUT2D eigenvalue weighted by Crippen LogP contribution is 2.10. The van der Waals surface area contributed by atoms with Crippen LogP contribution in [0.3, 0.4) is 0 Å². The van der Waals surface area contributed by atoms with Crippen LogP contribution < -0.4 is 10.7 Å². The molecule has 0 aromatic heterocycles. The van der Waals surface area contributed by atoms with Crippen LogP contribution in [0, 0.1) is 0 Å². The van der Waals surface area contributed by atoms with E-state index in [0.29, 0.717) is 12.1 Å². The molecule has 0 bridgehead atoms. The first kappa shape index (κ1) is 20.7. The Hall–Kier alpha value is -2.33. The number of nitrogens with one attached hydrogen (secondary N) is 2. The van der Waals surface area contributed by atoms with Gasteiger partial charge in [-0.15, -0.1) is 0 Å². The maximum absolute atomic E-state index is 11.9. The fourth-order valence-corrected chi connectivity index (χ4v) is 1.77. The first-order chi connectivity index (χ1) is 11.8. The summed E-state index contributed by atoms with van der Waals surface area (Å²) in [5.74, 6) is -0.712. The lowest BCUT2D eigenvalue weighted by Crippen LogP contribution is -2.44. The van der Waals surface area contributed by atoms with Crippen molar-refractivity contribution in [3.8, 4) is 0 Å². The number of aliphatic hydroxyl groups excluding tert-OH is 4. The normalized spacial score (nSPS) is 16.1. The minimum absolute atomic E-state index is 0.145. The highest BCUT2D eigenvalue weighted by atomic mass is 16.4. The summed E-state index contributed by atoms with van der Waals surface area (Å²) >= 11 is 0. The number of carbonyl (C=O) groups excluding carboxylic acids is 2. The van der Waals surface area contributed by atoms with Gasteiger partial charge in [0.1, 0.15) is 18.3 Å². The zero-order chi connectivity index (χ0) is 19.0. The summed E-state index contributed by atoms with van der Waals surface area (Å²) in [6.45, 7) is 2.98. The zero-order valence-electron chi connectivity index (χ0n) is 14.0. The van der Waals surface area contributed by atoms with Gasteiger partial charge in [-0.2, -0.15) is 5.10 Å². The molecule has 0 radical (unpaired) electrons. The van der Waals surface area contributed by atoms with Gasteiger partial charge in [0.25, 0.3) is 5.91 Å². The van der Waals surface area contributed by atoms with Crippen LogP contribution in [0.1, 0.15) is 30.6 Å². The Morgan fingerprint density at radius 3 is 2.24 bits per heavy atom. The monoisotopic (exact) mass is 353 g/mol. The molecule has 0 spiro atoms. The molecule has 0 saturated heterocycles. The van der Waals surface area contributed by atoms with Gasteiger partial charge in [-0.3, -0.25) is 9.59 Å². The van der Waals surface area contributed by atoms with Gasteiger partial charge in [0, 0.05) is 17.7 Å². The van der Waals surface area contributed by atoms with Gasteiger partial charge in [0.05, 0.1) is 12.3 Å². The lowest BCUT2D eigenvalue weighted by atomic mass is 10.1. The molecule has 4 atom stereocenters. The number of hydrazone groups is 1. The van der Waals surface area contributed by atoms with Crippen LogP contribution in [-0.4, -0.2) is 62.9 Å². The van der Waals surface area contributed by atoms with Crippen molar-refractivity contribution in [2.24, 2.45) is 5.10 Å². The Kier molecular flexibility index (Phi) is 8.16. The minimum Gasteiger partial charge on any atom is -0.391 e. The van der Waals surface area contributed by atoms with Gasteiger partial charge in [-0.25, -0.2) is 5.43 Å². The maximum Gasteiger partial charge on any atom is 0.271 e. The predicted molar refractivity (Wildman–Crippen MR) is 91.0 cm³/mol. The molecule has 1 aromatic carbocycles. The third-order valence-corrected chi connectivity index (χ3v) is 3.34. The van der Waals surface area contributed by atoms with E-state index in [-0.39, 0.29) is 11.5 Å². The summed E-state index contributed by atoms with van der Waals surface area (Å²) in [6.07, 6.45) is -4.83. The van der Waals surface area contributed by atoms with E-state index >= 15 is 0 Å². The SMILES string of the molecule is CCC(=O)Nc1ccc(C(=O)N/N=C/C(O)C(O)C(O)C(C)O)cc1. The van der Waals surface area contributed by atoms with Gasteiger partial charge in [-0.05, 0) is 31.2 Å². The summed E-state index contributed by atoms with van der Waals surface area (Å²) in [5.41, 5.74) is 2.97. The number of carbonyl (C=O) groups is 2. The van der Waals surface area contributed by atoms with E-state index in [0.717, 1.165) is 6.21 Å². The smallest absolute Gasteiger partial charge is 0.271 e. The second-order valence-corrected chi connectivity index (χ2v) is 5.41. The summed E-state index contributed by atoms with van der Waals surface area (Å²) in [7, 11) is 0. The van der Waals surface area contributed by atoms with Gasteiger partial charge in [0.2, 0.25) is 5.91 Å². The quantitative estimate of drug-likeness (QED) is 0.266. The molecule has 138 valence electrons. The third-order valence-electron chi connectivity index (χ3n) is 3.34. The van der Waals surface area contributed by atoms with Gasteiger partial charge in [-0.1, -0.05) is 6.92 Å². The van der Waals surface area contributed by atoms with Crippen LogP contribution in [0.4, 0.5) is 5.69 Å². The summed E-state index contributed by atoms with van der Waals surface area (Å²) in [6, 6.07) is 6.09. The first-order valence-corrected chi connectivity index (χ1v) is 7.72. The van der Waals surface area contributed by atoms with Crippen LogP contribution in [0.25, 0.3) is 0 Å². The molecule has 0 fully saturated rings.